The molecule has 4 unspecified atom stereocenters. The van der Waals surface area contributed by atoms with Crippen molar-refractivity contribution in [2.75, 3.05) is 0 Å². The Kier molecular flexibility index (Phi) is 5.15. The summed E-state index contributed by atoms with van der Waals surface area (Å²) in [5, 5.41) is 0. The zero-order valence-corrected chi connectivity index (χ0v) is 11.6. The fraction of sp³-hybridized carbons (Fsp3) is 1.00. The van der Waals surface area contributed by atoms with E-state index in [0.29, 0.717) is 12.3 Å². The highest BCUT2D eigenvalue weighted by atomic mass is 19.4. The molecule has 112 valence electrons. The Balaban J connectivity index is 1.72. The molecule has 0 bridgehead atoms. The maximum Gasteiger partial charge on any atom is 0.389 e. The van der Waals surface area contributed by atoms with Crippen LogP contribution in [0, 0.1) is 17.8 Å². The van der Waals surface area contributed by atoms with Crippen LogP contribution < -0.4 is 5.73 Å². The minimum absolute atomic E-state index is 0.0229. The van der Waals surface area contributed by atoms with Gasteiger partial charge >= 0.3 is 6.18 Å². The molecule has 1 nitrogen and oxygen atoms in total. The van der Waals surface area contributed by atoms with Crippen LogP contribution in [0.2, 0.25) is 0 Å². The molecule has 2 rings (SSSR count). The van der Waals surface area contributed by atoms with E-state index in [1.165, 1.54) is 32.1 Å². The van der Waals surface area contributed by atoms with Gasteiger partial charge in [-0.15, -0.1) is 0 Å². The summed E-state index contributed by atoms with van der Waals surface area (Å²) in [6, 6.07) is -0.0229. The lowest BCUT2D eigenvalue weighted by molar-refractivity contribution is -0.136. The van der Waals surface area contributed by atoms with Crippen molar-refractivity contribution in [1.82, 2.24) is 0 Å². The van der Waals surface area contributed by atoms with Gasteiger partial charge in [0.15, 0.2) is 0 Å². The molecular formula is C15H26F3N. The van der Waals surface area contributed by atoms with Gasteiger partial charge in [0.1, 0.15) is 0 Å². The first-order valence-corrected chi connectivity index (χ1v) is 7.78. The SMILES string of the molecule is NC(CCCC(F)(F)F)C1CCC2CCCCC2C1. The second-order valence-electron chi connectivity index (χ2n) is 6.55. The first kappa shape index (κ1) is 15.1. The molecule has 0 spiro atoms. The lowest BCUT2D eigenvalue weighted by atomic mass is 9.66. The normalized spacial score (nSPS) is 33.8. The Bertz CT molecular complexity index is 277. The molecule has 2 aliphatic rings. The van der Waals surface area contributed by atoms with Crippen LogP contribution in [0.4, 0.5) is 13.2 Å². The molecule has 0 saturated heterocycles. The summed E-state index contributed by atoms with van der Waals surface area (Å²) in [6.45, 7) is 0. The van der Waals surface area contributed by atoms with Crippen molar-refractivity contribution in [3.8, 4) is 0 Å². The monoisotopic (exact) mass is 277 g/mol. The minimum Gasteiger partial charge on any atom is -0.327 e. The molecule has 2 aliphatic carbocycles. The number of rotatable bonds is 4. The van der Waals surface area contributed by atoms with E-state index in [-0.39, 0.29) is 12.5 Å². The lowest BCUT2D eigenvalue weighted by Crippen LogP contribution is -2.37. The zero-order valence-electron chi connectivity index (χ0n) is 11.6. The molecule has 2 saturated carbocycles. The van der Waals surface area contributed by atoms with Crippen molar-refractivity contribution in [3.63, 3.8) is 0 Å². The fourth-order valence-corrected chi connectivity index (χ4v) is 4.07. The van der Waals surface area contributed by atoms with Crippen molar-refractivity contribution in [2.45, 2.75) is 76.4 Å². The lowest BCUT2D eigenvalue weighted by Gasteiger charge is -2.41. The molecular weight excluding hydrogens is 251 g/mol. The first-order valence-electron chi connectivity index (χ1n) is 7.78. The number of alkyl halides is 3. The average molecular weight is 277 g/mol. The quantitative estimate of drug-likeness (QED) is 0.795. The number of hydrogen-bond donors (Lipinski definition) is 1. The third kappa shape index (κ3) is 4.66. The van der Waals surface area contributed by atoms with Crippen LogP contribution in [0.15, 0.2) is 0 Å². The maximum absolute atomic E-state index is 12.1. The smallest absolute Gasteiger partial charge is 0.327 e. The van der Waals surface area contributed by atoms with Gasteiger partial charge in [-0.2, -0.15) is 13.2 Å². The average Bonchev–Trinajstić information content (AvgIpc) is 2.36. The van der Waals surface area contributed by atoms with Crippen LogP contribution in [-0.4, -0.2) is 12.2 Å². The van der Waals surface area contributed by atoms with E-state index in [0.717, 1.165) is 24.7 Å². The maximum atomic E-state index is 12.1. The second kappa shape index (κ2) is 6.47. The second-order valence-corrected chi connectivity index (χ2v) is 6.55. The third-order valence-corrected chi connectivity index (χ3v) is 5.18. The van der Waals surface area contributed by atoms with E-state index in [4.69, 9.17) is 5.73 Å². The summed E-state index contributed by atoms with van der Waals surface area (Å²) in [7, 11) is 0. The summed E-state index contributed by atoms with van der Waals surface area (Å²) >= 11 is 0. The third-order valence-electron chi connectivity index (χ3n) is 5.18. The molecule has 4 heteroatoms. The topological polar surface area (TPSA) is 26.0 Å². The van der Waals surface area contributed by atoms with Crippen LogP contribution in [0.5, 0.6) is 0 Å². The molecule has 0 aromatic rings. The van der Waals surface area contributed by atoms with Gasteiger partial charge in [-0.3, -0.25) is 0 Å². The van der Waals surface area contributed by atoms with Crippen LogP contribution in [0.25, 0.3) is 0 Å². The highest BCUT2D eigenvalue weighted by molar-refractivity contribution is 4.87. The van der Waals surface area contributed by atoms with Crippen LogP contribution in [0.1, 0.15) is 64.2 Å². The van der Waals surface area contributed by atoms with Crippen molar-refractivity contribution in [1.29, 1.82) is 0 Å². The molecule has 0 heterocycles. The Morgan fingerprint density at radius 3 is 2.37 bits per heavy atom. The summed E-state index contributed by atoms with van der Waals surface area (Å²) in [4.78, 5) is 0. The Labute approximate surface area is 114 Å². The first-order chi connectivity index (χ1) is 8.96. The van der Waals surface area contributed by atoms with Gasteiger partial charge in [-0.1, -0.05) is 25.7 Å². The van der Waals surface area contributed by atoms with Gasteiger partial charge in [0, 0.05) is 12.5 Å². The van der Waals surface area contributed by atoms with Crippen LogP contribution in [0.3, 0.4) is 0 Å². The van der Waals surface area contributed by atoms with Gasteiger partial charge in [-0.25, -0.2) is 0 Å². The summed E-state index contributed by atoms with van der Waals surface area (Å²) in [5.41, 5.74) is 6.13. The van der Waals surface area contributed by atoms with Gasteiger partial charge in [0.25, 0.3) is 0 Å². The largest absolute Gasteiger partial charge is 0.389 e. The van der Waals surface area contributed by atoms with Crippen molar-refractivity contribution in [2.24, 2.45) is 23.5 Å². The van der Waals surface area contributed by atoms with Crippen LogP contribution in [-0.2, 0) is 0 Å². The van der Waals surface area contributed by atoms with Gasteiger partial charge < -0.3 is 5.73 Å². The molecule has 19 heavy (non-hydrogen) atoms. The standard InChI is InChI=1S/C15H26F3N/c16-15(17,18)9-3-6-14(19)13-8-7-11-4-1-2-5-12(11)10-13/h11-14H,1-10,19H2. The number of fused-ring (bicyclic) bond motifs is 1. The summed E-state index contributed by atoms with van der Waals surface area (Å²) in [6.07, 6.45) is 4.93. The van der Waals surface area contributed by atoms with Crippen molar-refractivity contribution >= 4 is 0 Å². The Morgan fingerprint density at radius 1 is 1.00 bits per heavy atom. The summed E-state index contributed by atoms with van der Waals surface area (Å²) in [5.74, 6) is 2.15. The molecule has 2 N–H and O–H groups in total. The highest BCUT2D eigenvalue weighted by Crippen LogP contribution is 2.43. The molecule has 0 amide bonds. The van der Waals surface area contributed by atoms with E-state index in [1.54, 1.807) is 0 Å². The highest BCUT2D eigenvalue weighted by Gasteiger charge is 2.34. The van der Waals surface area contributed by atoms with Gasteiger partial charge in [0.05, 0.1) is 0 Å². The predicted molar refractivity (Wildman–Crippen MR) is 70.7 cm³/mol. The molecule has 0 radical (unpaired) electrons. The molecule has 2 fully saturated rings. The number of nitrogens with two attached hydrogens (primary N) is 1. The zero-order chi connectivity index (χ0) is 13.9. The Morgan fingerprint density at radius 2 is 1.68 bits per heavy atom. The van der Waals surface area contributed by atoms with E-state index in [1.807, 2.05) is 0 Å². The van der Waals surface area contributed by atoms with Gasteiger partial charge in [-0.05, 0) is 49.9 Å². The molecule has 0 aromatic heterocycles. The number of hydrogen-bond acceptors (Lipinski definition) is 1. The van der Waals surface area contributed by atoms with Gasteiger partial charge in [0.2, 0.25) is 0 Å². The minimum atomic E-state index is -4.03. The molecule has 4 atom stereocenters. The Hall–Kier alpha value is -0.250. The summed E-state index contributed by atoms with van der Waals surface area (Å²) < 4.78 is 36.4. The number of halogens is 3. The van der Waals surface area contributed by atoms with E-state index >= 15 is 0 Å². The molecule has 0 aliphatic heterocycles. The van der Waals surface area contributed by atoms with E-state index in [2.05, 4.69) is 0 Å². The van der Waals surface area contributed by atoms with E-state index < -0.39 is 12.6 Å². The van der Waals surface area contributed by atoms with E-state index in [9.17, 15) is 13.2 Å². The van der Waals surface area contributed by atoms with Crippen molar-refractivity contribution in [3.05, 3.63) is 0 Å². The van der Waals surface area contributed by atoms with Crippen molar-refractivity contribution < 1.29 is 13.2 Å². The fourth-order valence-electron chi connectivity index (χ4n) is 4.07. The molecule has 0 aromatic carbocycles. The van der Waals surface area contributed by atoms with Crippen LogP contribution >= 0.6 is 0 Å². The predicted octanol–water partition coefficient (Wildman–Crippen LogP) is 4.65.